The van der Waals surface area contributed by atoms with Crippen LogP contribution < -0.4 is 0 Å². The Morgan fingerprint density at radius 2 is 2.03 bits per heavy atom. The van der Waals surface area contributed by atoms with Gasteiger partial charge in [-0.1, -0.05) is 18.5 Å². The van der Waals surface area contributed by atoms with E-state index in [1.807, 2.05) is 6.07 Å². The summed E-state index contributed by atoms with van der Waals surface area (Å²) in [6.45, 7) is 5.05. The van der Waals surface area contributed by atoms with Crippen LogP contribution in [-0.2, 0) is 33.0 Å². The van der Waals surface area contributed by atoms with Gasteiger partial charge in [0.05, 0.1) is 29.2 Å². The largest absolute Gasteiger partial charge is 0.388 e. The Morgan fingerprint density at radius 3 is 2.78 bits per heavy atom. The predicted octanol–water partition coefficient (Wildman–Crippen LogP) is 2.79. The van der Waals surface area contributed by atoms with Crippen molar-refractivity contribution >= 4 is 28.7 Å². The van der Waals surface area contributed by atoms with E-state index in [1.165, 1.54) is 11.3 Å². The molecule has 1 spiro atoms. The van der Waals surface area contributed by atoms with E-state index in [0.29, 0.717) is 29.2 Å². The fourth-order valence-electron chi connectivity index (χ4n) is 4.13. The van der Waals surface area contributed by atoms with Crippen LogP contribution >= 0.6 is 22.9 Å². The third-order valence-corrected chi connectivity index (χ3v) is 7.34. The maximum atomic E-state index is 13.3. The Hall–Kier alpha value is -1.36. The number of carbonyl (C=O) groups is 1. The first-order valence-electron chi connectivity index (χ1n) is 10.7. The first kappa shape index (κ1) is 23.8. The normalized spacial score (nSPS) is 29.4. The topological polar surface area (TPSA) is 105 Å². The summed E-state index contributed by atoms with van der Waals surface area (Å²) in [5.74, 6) is -1.92. The summed E-state index contributed by atoms with van der Waals surface area (Å²) >= 11 is 7.83. The molecule has 0 bridgehead atoms. The van der Waals surface area contributed by atoms with E-state index in [9.17, 15) is 20.1 Å². The molecule has 174 valence electrons. The predicted molar refractivity (Wildman–Crippen MR) is 119 cm³/mol. The van der Waals surface area contributed by atoms with E-state index in [0.717, 1.165) is 17.7 Å². The summed E-state index contributed by atoms with van der Waals surface area (Å²) in [7, 11) is 0. The zero-order valence-electron chi connectivity index (χ0n) is 17.9. The third kappa shape index (κ3) is 4.15. The number of fused-ring (bicyclic) bond motifs is 2. The molecule has 3 N–H and O–H groups in total. The monoisotopic (exact) mass is 482 g/mol. The van der Waals surface area contributed by atoms with Crippen LogP contribution in [0.3, 0.4) is 0 Å². The van der Waals surface area contributed by atoms with Gasteiger partial charge in [0, 0.05) is 29.0 Å². The maximum Gasteiger partial charge on any atom is 0.225 e. The van der Waals surface area contributed by atoms with Crippen molar-refractivity contribution in [1.82, 2.24) is 0 Å². The summed E-state index contributed by atoms with van der Waals surface area (Å²) < 4.78 is 17.2. The fourth-order valence-corrected chi connectivity index (χ4v) is 5.34. The minimum absolute atomic E-state index is 0.0943. The molecule has 0 unspecified atom stereocenters. The summed E-state index contributed by atoms with van der Waals surface area (Å²) in [5, 5.41) is 31.4. The molecule has 5 atom stereocenters. The van der Waals surface area contributed by atoms with Gasteiger partial charge in [-0.25, -0.2) is 0 Å². The Kier molecular flexibility index (Phi) is 7.05. The number of carbonyl (C=O) groups excluding carboxylic acids is 1. The van der Waals surface area contributed by atoms with E-state index >= 15 is 0 Å². The number of hydrogen-bond donors (Lipinski definition) is 3. The van der Waals surface area contributed by atoms with Crippen LogP contribution in [0.1, 0.15) is 51.5 Å². The van der Waals surface area contributed by atoms with Gasteiger partial charge in [-0.2, -0.15) is 0 Å². The third-order valence-electron chi connectivity index (χ3n) is 5.89. The summed E-state index contributed by atoms with van der Waals surface area (Å²) in [6, 6.07) is 6.87. The quantitative estimate of drug-likeness (QED) is 0.411. The van der Waals surface area contributed by atoms with Crippen LogP contribution in [0.25, 0.3) is 0 Å². The average molecular weight is 483 g/mol. The van der Waals surface area contributed by atoms with Crippen LogP contribution in [0.15, 0.2) is 24.3 Å². The number of benzene rings is 1. The van der Waals surface area contributed by atoms with Gasteiger partial charge in [-0.15, -0.1) is 11.3 Å². The van der Waals surface area contributed by atoms with Crippen molar-refractivity contribution in [1.29, 1.82) is 0 Å². The number of rotatable bonds is 7. The van der Waals surface area contributed by atoms with Crippen molar-refractivity contribution in [3.05, 3.63) is 55.7 Å². The lowest BCUT2D eigenvalue weighted by Crippen LogP contribution is -2.62. The molecule has 0 radical (unpaired) electrons. The minimum atomic E-state index is -1.68. The van der Waals surface area contributed by atoms with Crippen LogP contribution in [-0.4, -0.2) is 58.7 Å². The lowest BCUT2D eigenvalue weighted by molar-refractivity contribution is -0.362. The highest BCUT2D eigenvalue weighted by molar-refractivity contribution is 7.14. The van der Waals surface area contributed by atoms with Gasteiger partial charge in [0.1, 0.15) is 18.3 Å². The van der Waals surface area contributed by atoms with E-state index < -0.39 is 30.2 Å². The summed E-state index contributed by atoms with van der Waals surface area (Å²) in [5.41, 5.74) is 1.34. The van der Waals surface area contributed by atoms with Crippen LogP contribution in [0.2, 0.25) is 5.02 Å². The average Bonchev–Trinajstić information content (AvgIpc) is 3.38. The first-order chi connectivity index (χ1) is 15.3. The van der Waals surface area contributed by atoms with Gasteiger partial charge in [-0.05, 0) is 43.2 Å². The minimum Gasteiger partial charge on any atom is -0.388 e. The van der Waals surface area contributed by atoms with Crippen molar-refractivity contribution in [2.24, 2.45) is 0 Å². The molecule has 1 fully saturated rings. The van der Waals surface area contributed by atoms with Crippen molar-refractivity contribution in [3.63, 3.8) is 0 Å². The molecular formula is C23H27ClO7S. The van der Waals surface area contributed by atoms with Crippen molar-refractivity contribution in [2.75, 3.05) is 13.2 Å². The van der Waals surface area contributed by atoms with Gasteiger partial charge >= 0.3 is 0 Å². The molecule has 0 aliphatic carbocycles. The molecular weight excluding hydrogens is 456 g/mol. The molecule has 2 aromatic rings. The number of ketones is 1. The molecule has 1 aromatic heterocycles. The molecule has 1 aromatic carbocycles. The Bertz CT molecular complexity index is 993. The highest BCUT2D eigenvalue weighted by atomic mass is 35.5. The fraction of sp³-hybridized carbons (Fsp3) is 0.522. The highest BCUT2D eigenvalue weighted by Crippen LogP contribution is 2.47. The lowest BCUT2D eigenvalue weighted by atomic mass is 9.87. The molecule has 0 saturated carbocycles. The van der Waals surface area contributed by atoms with Gasteiger partial charge in [0.25, 0.3) is 0 Å². The molecule has 32 heavy (non-hydrogen) atoms. The SMILES string of the molecule is CCCOCCc1ccc(C(=O)c2cc3c(cc2Cl)CO[C@]32O[C@H](C)[C@@H](O)[C@H](O)[C@H]2O)s1. The molecule has 1 saturated heterocycles. The molecule has 2 aliphatic rings. The molecule has 3 heterocycles. The first-order valence-corrected chi connectivity index (χ1v) is 11.9. The number of aliphatic hydroxyl groups excluding tert-OH is 3. The highest BCUT2D eigenvalue weighted by Gasteiger charge is 2.57. The molecule has 9 heteroatoms. The molecule has 0 amide bonds. The van der Waals surface area contributed by atoms with Gasteiger partial charge in [0.2, 0.25) is 11.6 Å². The molecule has 2 aliphatic heterocycles. The van der Waals surface area contributed by atoms with Crippen molar-refractivity contribution < 1.29 is 34.3 Å². The molecule has 7 nitrogen and oxygen atoms in total. The second-order valence-corrected chi connectivity index (χ2v) is 9.73. The number of halogens is 1. The Labute approximate surface area is 195 Å². The van der Waals surface area contributed by atoms with Crippen LogP contribution in [0.4, 0.5) is 0 Å². The summed E-state index contributed by atoms with van der Waals surface area (Å²) in [4.78, 5) is 14.8. The zero-order chi connectivity index (χ0) is 23.0. The smallest absolute Gasteiger partial charge is 0.225 e. The number of ether oxygens (including phenoxy) is 3. The number of thiophene rings is 1. The zero-order valence-corrected chi connectivity index (χ0v) is 19.5. The maximum absolute atomic E-state index is 13.3. The molecule has 4 rings (SSSR count). The standard InChI is InChI=1S/C23H27ClO7S/c1-3-7-29-8-6-14-4-5-18(32-14)20(26)15-10-16-13(9-17(15)24)11-30-23(16)22(28)21(27)19(25)12(2)31-23/h4-5,9-10,12,19,21-22,25,27-28H,3,6-8,11H2,1-2H3/t12-,19-,21+,22-,23+/m1/s1. The Morgan fingerprint density at radius 1 is 1.25 bits per heavy atom. The number of aliphatic hydroxyl groups is 3. The second-order valence-electron chi connectivity index (χ2n) is 8.15. The van der Waals surface area contributed by atoms with Gasteiger partial charge in [-0.3, -0.25) is 4.79 Å². The lowest BCUT2D eigenvalue weighted by Gasteiger charge is -2.45. The van der Waals surface area contributed by atoms with Crippen molar-refractivity contribution in [3.8, 4) is 0 Å². The van der Waals surface area contributed by atoms with Crippen LogP contribution in [0, 0.1) is 0 Å². The van der Waals surface area contributed by atoms with Crippen LogP contribution in [0.5, 0.6) is 0 Å². The van der Waals surface area contributed by atoms with E-state index in [2.05, 4.69) is 6.92 Å². The van der Waals surface area contributed by atoms with Gasteiger partial charge in [0.15, 0.2) is 0 Å². The second kappa shape index (κ2) is 9.48. The van der Waals surface area contributed by atoms with Crippen molar-refractivity contribution in [2.45, 2.75) is 63.5 Å². The van der Waals surface area contributed by atoms with E-state index in [1.54, 1.807) is 25.1 Å². The van der Waals surface area contributed by atoms with Gasteiger partial charge < -0.3 is 29.5 Å². The van der Waals surface area contributed by atoms with E-state index in [-0.39, 0.29) is 23.0 Å². The number of hydrogen-bond acceptors (Lipinski definition) is 8. The summed E-state index contributed by atoms with van der Waals surface area (Å²) in [6.07, 6.45) is -3.36. The van der Waals surface area contributed by atoms with E-state index in [4.69, 9.17) is 25.8 Å². The Balaban J connectivity index is 1.62.